The Morgan fingerprint density at radius 2 is 1.88 bits per heavy atom. The van der Waals surface area contributed by atoms with Gasteiger partial charge in [0.05, 0.1) is 5.92 Å². The van der Waals surface area contributed by atoms with Crippen molar-refractivity contribution in [3.8, 4) is 0 Å². The quantitative estimate of drug-likeness (QED) is 0.507. The SMILES string of the molecule is CCCCCCC/C=C/C1C(C(=O)O)C1(C)C. The molecule has 1 aliphatic rings. The second-order valence-electron chi connectivity index (χ2n) is 5.79. The fourth-order valence-corrected chi connectivity index (χ4v) is 2.62. The highest BCUT2D eigenvalue weighted by atomic mass is 16.4. The van der Waals surface area contributed by atoms with Crippen LogP contribution in [0, 0.1) is 17.3 Å². The summed E-state index contributed by atoms with van der Waals surface area (Å²) in [5.41, 5.74) is -0.0372. The Morgan fingerprint density at radius 3 is 2.41 bits per heavy atom. The predicted molar refractivity (Wildman–Crippen MR) is 70.9 cm³/mol. The van der Waals surface area contributed by atoms with Gasteiger partial charge in [0, 0.05) is 0 Å². The van der Waals surface area contributed by atoms with Crippen molar-refractivity contribution < 1.29 is 9.90 Å². The minimum absolute atomic E-state index is 0.0372. The van der Waals surface area contributed by atoms with Crippen LogP contribution >= 0.6 is 0 Å². The first-order valence-corrected chi connectivity index (χ1v) is 6.91. The summed E-state index contributed by atoms with van der Waals surface area (Å²) in [7, 11) is 0. The maximum Gasteiger partial charge on any atom is 0.307 e. The van der Waals surface area contributed by atoms with Gasteiger partial charge >= 0.3 is 5.97 Å². The van der Waals surface area contributed by atoms with Crippen molar-refractivity contribution in [1.29, 1.82) is 0 Å². The zero-order chi connectivity index (χ0) is 12.9. The molecule has 0 bridgehead atoms. The van der Waals surface area contributed by atoms with E-state index in [-0.39, 0.29) is 17.3 Å². The summed E-state index contributed by atoms with van der Waals surface area (Å²) in [6.07, 6.45) is 11.9. The van der Waals surface area contributed by atoms with E-state index >= 15 is 0 Å². The van der Waals surface area contributed by atoms with Crippen LogP contribution in [0.25, 0.3) is 0 Å². The summed E-state index contributed by atoms with van der Waals surface area (Å²) in [5, 5.41) is 9.03. The molecule has 1 N–H and O–H groups in total. The van der Waals surface area contributed by atoms with Crippen molar-refractivity contribution in [1.82, 2.24) is 0 Å². The first-order chi connectivity index (χ1) is 8.01. The molecule has 1 aliphatic carbocycles. The summed E-state index contributed by atoms with van der Waals surface area (Å²) < 4.78 is 0. The Bertz CT molecular complexity index is 279. The largest absolute Gasteiger partial charge is 0.481 e. The molecule has 2 nitrogen and oxygen atoms in total. The van der Waals surface area contributed by atoms with Crippen LogP contribution in [0.15, 0.2) is 12.2 Å². The lowest BCUT2D eigenvalue weighted by Gasteiger charge is -1.97. The van der Waals surface area contributed by atoms with Crippen LogP contribution in [-0.2, 0) is 4.79 Å². The van der Waals surface area contributed by atoms with Gasteiger partial charge in [0.15, 0.2) is 0 Å². The standard InChI is InChI=1S/C15H26O2/c1-4-5-6-7-8-9-10-11-12-13(14(16)17)15(12,2)3/h10-13H,4-9H2,1-3H3,(H,16,17)/b11-10+. The Kier molecular flexibility index (Phi) is 5.23. The average molecular weight is 238 g/mol. The van der Waals surface area contributed by atoms with Gasteiger partial charge in [-0.15, -0.1) is 0 Å². The Labute approximate surface area is 105 Å². The van der Waals surface area contributed by atoms with Crippen LogP contribution in [0.3, 0.4) is 0 Å². The van der Waals surface area contributed by atoms with Crippen LogP contribution < -0.4 is 0 Å². The third-order valence-electron chi connectivity index (χ3n) is 3.99. The number of unbranched alkanes of at least 4 members (excludes halogenated alkanes) is 5. The van der Waals surface area contributed by atoms with E-state index in [1.807, 2.05) is 13.8 Å². The first-order valence-electron chi connectivity index (χ1n) is 6.91. The predicted octanol–water partition coefficient (Wildman–Crippen LogP) is 4.26. The molecule has 2 heteroatoms. The van der Waals surface area contributed by atoms with Crippen molar-refractivity contribution in [2.24, 2.45) is 17.3 Å². The third-order valence-corrected chi connectivity index (χ3v) is 3.99. The van der Waals surface area contributed by atoms with Crippen molar-refractivity contribution >= 4 is 5.97 Å². The van der Waals surface area contributed by atoms with Crippen LogP contribution in [-0.4, -0.2) is 11.1 Å². The molecule has 1 saturated carbocycles. The molecule has 98 valence electrons. The Hall–Kier alpha value is -0.790. The van der Waals surface area contributed by atoms with Gasteiger partial charge in [-0.1, -0.05) is 58.6 Å². The summed E-state index contributed by atoms with van der Waals surface area (Å²) >= 11 is 0. The third kappa shape index (κ3) is 3.86. The second kappa shape index (κ2) is 6.23. The topological polar surface area (TPSA) is 37.3 Å². The van der Waals surface area contributed by atoms with E-state index in [1.165, 1.54) is 32.1 Å². The van der Waals surface area contributed by atoms with E-state index < -0.39 is 5.97 Å². The summed E-state index contributed by atoms with van der Waals surface area (Å²) in [6.45, 7) is 6.31. The highest BCUT2D eigenvalue weighted by molar-refractivity contribution is 5.76. The lowest BCUT2D eigenvalue weighted by molar-refractivity contribution is -0.139. The monoisotopic (exact) mass is 238 g/mol. The van der Waals surface area contributed by atoms with Gasteiger partial charge < -0.3 is 5.11 Å². The van der Waals surface area contributed by atoms with E-state index in [0.717, 1.165) is 6.42 Å². The molecule has 1 fully saturated rings. The van der Waals surface area contributed by atoms with Crippen molar-refractivity contribution in [3.63, 3.8) is 0 Å². The molecule has 2 unspecified atom stereocenters. The van der Waals surface area contributed by atoms with Gasteiger partial charge in [0.25, 0.3) is 0 Å². The number of aliphatic carboxylic acids is 1. The van der Waals surface area contributed by atoms with Gasteiger partial charge in [-0.05, 0) is 24.2 Å². The molecule has 17 heavy (non-hydrogen) atoms. The van der Waals surface area contributed by atoms with E-state index in [0.29, 0.717) is 0 Å². The van der Waals surface area contributed by atoms with Crippen LogP contribution in [0.4, 0.5) is 0 Å². The highest BCUT2D eigenvalue weighted by Gasteiger charge is 2.60. The number of allylic oxidation sites excluding steroid dienone is 2. The lowest BCUT2D eigenvalue weighted by atomic mass is 10.1. The number of rotatable bonds is 8. The molecule has 0 aromatic heterocycles. The molecule has 1 rings (SSSR count). The number of carboxylic acid groups (broad SMARTS) is 1. The molecule has 0 aromatic rings. The molecule has 0 amide bonds. The number of hydrogen-bond donors (Lipinski definition) is 1. The molecule has 0 spiro atoms. The first kappa shape index (κ1) is 14.3. The summed E-state index contributed by atoms with van der Waals surface area (Å²) in [5.74, 6) is -0.568. The van der Waals surface area contributed by atoms with Gasteiger partial charge in [-0.3, -0.25) is 4.79 Å². The number of carboxylic acids is 1. The smallest absolute Gasteiger partial charge is 0.307 e. The maximum absolute atomic E-state index is 11.0. The summed E-state index contributed by atoms with van der Waals surface area (Å²) in [6, 6.07) is 0. The number of carbonyl (C=O) groups is 1. The Morgan fingerprint density at radius 1 is 1.24 bits per heavy atom. The normalized spacial score (nSPS) is 26.3. The fourth-order valence-electron chi connectivity index (χ4n) is 2.62. The molecule has 0 heterocycles. The van der Waals surface area contributed by atoms with Crippen molar-refractivity contribution in [2.45, 2.75) is 59.3 Å². The average Bonchev–Trinajstić information content (AvgIpc) is 2.79. The van der Waals surface area contributed by atoms with Gasteiger partial charge in [-0.2, -0.15) is 0 Å². The minimum Gasteiger partial charge on any atom is -0.481 e. The van der Waals surface area contributed by atoms with Gasteiger partial charge in [-0.25, -0.2) is 0 Å². The van der Waals surface area contributed by atoms with E-state index in [2.05, 4.69) is 19.1 Å². The summed E-state index contributed by atoms with van der Waals surface area (Å²) in [4.78, 5) is 11.0. The zero-order valence-electron chi connectivity index (χ0n) is 11.4. The number of hydrogen-bond acceptors (Lipinski definition) is 1. The van der Waals surface area contributed by atoms with Crippen molar-refractivity contribution in [2.75, 3.05) is 0 Å². The molecular formula is C15H26O2. The van der Waals surface area contributed by atoms with E-state index in [9.17, 15) is 4.79 Å². The Balaban J connectivity index is 2.16. The lowest BCUT2D eigenvalue weighted by Crippen LogP contribution is -2.02. The highest BCUT2D eigenvalue weighted by Crippen LogP contribution is 2.59. The van der Waals surface area contributed by atoms with Gasteiger partial charge in [0.1, 0.15) is 0 Å². The van der Waals surface area contributed by atoms with E-state index in [4.69, 9.17) is 5.11 Å². The molecule has 0 aliphatic heterocycles. The molecule has 2 atom stereocenters. The van der Waals surface area contributed by atoms with Crippen LogP contribution in [0.2, 0.25) is 0 Å². The molecule has 0 saturated heterocycles. The molecular weight excluding hydrogens is 212 g/mol. The van der Waals surface area contributed by atoms with Crippen molar-refractivity contribution in [3.05, 3.63) is 12.2 Å². The fraction of sp³-hybridized carbons (Fsp3) is 0.800. The molecule has 0 aromatic carbocycles. The molecule has 0 radical (unpaired) electrons. The van der Waals surface area contributed by atoms with Gasteiger partial charge in [0.2, 0.25) is 0 Å². The zero-order valence-corrected chi connectivity index (χ0v) is 11.4. The minimum atomic E-state index is -0.646. The van der Waals surface area contributed by atoms with Crippen LogP contribution in [0.5, 0.6) is 0 Å². The van der Waals surface area contributed by atoms with E-state index in [1.54, 1.807) is 0 Å². The van der Waals surface area contributed by atoms with Crippen LogP contribution in [0.1, 0.15) is 59.3 Å². The maximum atomic E-state index is 11.0. The second-order valence-corrected chi connectivity index (χ2v) is 5.79.